The van der Waals surface area contributed by atoms with E-state index in [0.29, 0.717) is 6.04 Å². The third kappa shape index (κ3) is 2.87. The number of benzene rings is 1. The van der Waals surface area contributed by atoms with Crippen LogP contribution < -0.4 is 5.32 Å². The highest BCUT2D eigenvalue weighted by Crippen LogP contribution is 2.37. The fourth-order valence-corrected chi connectivity index (χ4v) is 2.40. The zero-order chi connectivity index (χ0) is 11.4. The summed E-state index contributed by atoms with van der Waals surface area (Å²) in [7, 11) is 0. The van der Waals surface area contributed by atoms with E-state index in [2.05, 4.69) is 51.4 Å². The van der Waals surface area contributed by atoms with Gasteiger partial charge in [-0.25, -0.2) is 0 Å². The van der Waals surface area contributed by atoms with Crippen LogP contribution in [0.25, 0.3) is 0 Å². The quantitative estimate of drug-likeness (QED) is 0.658. The minimum absolute atomic E-state index is 0.669. The predicted octanol–water partition coefficient (Wildman–Crippen LogP) is 3.31. The van der Waals surface area contributed by atoms with Crippen molar-refractivity contribution in [3.63, 3.8) is 0 Å². The Morgan fingerprint density at radius 1 is 1.31 bits per heavy atom. The van der Waals surface area contributed by atoms with E-state index in [9.17, 15) is 0 Å². The molecule has 0 bridgehead atoms. The van der Waals surface area contributed by atoms with Crippen molar-refractivity contribution in [3.05, 3.63) is 34.3 Å². The number of halogens is 1. The first-order chi connectivity index (χ1) is 7.79. The Hall–Kier alpha value is -0.780. The van der Waals surface area contributed by atoms with Crippen molar-refractivity contribution in [2.45, 2.75) is 31.2 Å². The molecule has 16 heavy (non-hydrogen) atoms. The minimum Gasteiger partial charge on any atom is -0.313 e. The van der Waals surface area contributed by atoms with Crippen molar-refractivity contribution >= 4 is 15.9 Å². The third-order valence-corrected chi connectivity index (χ3v) is 3.71. The van der Waals surface area contributed by atoms with Crippen LogP contribution in [0.15, 0.2) is 28.7 Å². The molecule has 1 saturated carbocycles. The Morgan fingerprint density at radius 3 is 2.62 bits per heavy atom. The number of terminal acetylenes is 1. The molecule has 0 aliphatic heterocycles. The Bertz CT molecular complexity index is 371. The van der Waals surface area contributed by atoms with Crippen molar-refractivity contribution in [2.24, 2.45) is 0 Å². The standard InChI is InChI=1S/C14H16BrN/c1-2-3-8-16-14-9-12(10-14)11-4-6-13(15)7-5-11/h1,4-7,12,14,16H,3,8-10H2. The summed E-state index contributed by atoms with van der Waals surface area (Å²) in [6, 6.07) is 9.34. The molecule has 1 N–H and O–H groups in total. The Kier molecular flexibility index (Phi) is 4.04. The van der Waals surface area contributed by atoms with Crippen molar-refractivity contribution in [1.82, 2.24) is 5.32 Å². The topological polar surface area (TPSA) is 12.0 Å². The van der Waals surface area contributed by atoms with Crippen LogP contribution in [0.3, 0.4) is 0 Å². The number of hydrogen-bond donors (Lipinski definition) is 1. The summed E-state index contributed by atoms with van der Waals surface area (Å²) in [4.78, 5) is 0. The zero-order valence-corrected chi connectivity index (χ0v) is 10.8. The molecule has 1 fully saturated rings. The summed E-state index contributed by atoms with van der Waals surface area (Å²) in [5.41, 5.74) is 1.46. The van der Waals surface area contributed by atoms with Crippen molar-refractivity contribution in [1.29, 1.82) is 0 Å². The van der Waals surface area contributed by atoms with Gasteiger partial charge < -0.3 is 5.32 Å². The molecule has 84 valence electrons. The van der Waals surface area contributed by atoms with Crippen LogP contribution in [0.4, 0.5) is 0 Å². The van der Waals surface area contributed by atoms with Gasteiger partial charge >= 0.3 is 0 Å². The van der Waals surface area contributed by atoms with Gasteiger partial charge in [-0.1, -0.05) is 28.1 Å². The van der Waals surface area contributed by atoms with Gasteiger partial charge in [-0.3, -0.25) is 0 Å². The molecule has 0 atom stereocenters. The molecule has 0 heterocycles. The Balaban J connectivity index is 1.76. The molecule has 1 aromatic rings. The molecule has 1 aliphatic rings. The van der Waals surface area contributed by atoms with E-state index in [1.165, 1.54) is 18.4 Å². The van der Waals surface area contributed by atoms with Crippen LogP contribution in [0.2, 0.25) is 0 Å². The van der Waals surface area contributed by atoms with Crippen LogP contribution in [0.1, 0.15) is 30.7 Å². The van der Waals surface area contributed by atoms with Gasteiger partial charge in [0.05, 0.1) is 0 Å². The van der Waals surface area contributed by atoms with Gasteiger partial charge in [-0.15, -0.1) is 12.3 Å². The maximum Gasteiger partial charge on any atom is 0.0211 e. The first-order valence-electron chi connectivity index (χ1n) is 5.72. The van der Waals surface area contributed by atoms with E-state index in [4.69, 9.17) is 6.42 Å². The van der Waals surface area contributed by atoms with Crippen LogP contribution in [-0.4, -0.2) is 12.6 Å². The van der Waals surface area contributed by atoms with Gasteiger partial charge in [0.25, 0.3) is 0 Å². The van der Waals surface area contributed by atoms with E-state index in [1.807, 2.05) is 0 Å². The highest BCUT2D eigenvalue weighted by molar-refractivity contribution is 9.10. The molecule has 0 spiro atoms. The summed E-state index contributed by atoms with van der Waals surface area (Å²) in [6.07, 6.45) is 8.53. The lowest BCUT2D eigenvalue weighted by Crippen LogP contribution is -2.40. The summed E-state index contributed by atoms with van der Waals surface area (Å²) in [5.74, 6) is 3.39. The largest absolute Gasteiger partial charge is 0.313 e. The number of hydrogen-bond acceptors (Lipinski definition) is 1. The number of rotatable bonds is 4. The molecule has 0 amide bonds. The second-order valence-corrected chi connectivity index (χ2v) is 5.24. The lowest BCUT2D eigenvalue weighted by atomic mass is 9.76. The van der Waals surface area contributed by atoms with E-state index in [0.717, 1.165) is 23.4 Å². The first-order valence-corrected chi connectivity index (χ1v) is 6.51. The fraction of sp³-hybridized carbons (Fsp3) is 0.429. The fourth-order valence-electron chi connectivity index (χ4n) is 2.14. The van der Waals surface area contributed by atoms with E-state index in [-0.39, 0.29) is 0 Å². The van der Waals surface area contributed by atoms with Crippen LogP contribution in [0.5, 0.6) is 0 Å². The van der Waals surface area contributed by atoms with Gasteiger partial charge in [0.15, 0.2) is 0 Å². The molecule has 0 unspecified atom stereocenters. The van der Waals surface area contributed by atoms with Crippen LogP contribution in [-0.2, 0) is 0 Å². The van der Waals surface area contributed by atoms with Crippen LogP contribution in [0, 0.1) is 12.3 Å². The van der Waals surface area contributed by atoms with E-state index in [1.54, 1.807) is 0 Å². The lowest BCUT2D eigenvalue weighted by molar-refractivity contribution is 0.293. The molecular weight excluding hydrogens is 262 g/mol. The maximum absolute atomic E-state index is 5.21. The summed E-state index contributed by atoms with van der Waals surface area (Å²) in [5, 5.41) is 3.48. The molecule has 0 radical (unpaired) electrons. The smallest absolute Gasteiger partial charge is 0.0211 e. The minimum atomic E-state index is 0.669. The normalized spacial score (nSPS) is 23.5. The van der Waals surface area contributed by atoms with Crippen molar-refractivity contribution in [3.8, 4) is 12.3 Å². The first kappa shape index (κ1) is 11.7. The summed E-state index contributed by atoms with van der Waals surface area (Å²) < 4.78 is 1.15. The average Bonchev–Trinajstić information content (AvgIpc) is 2.23. The average molecular weight is 278 g/mol. The second kappa shape index (κ2) is 5.52. The SMILES string of the molecule is C#CCCNC1CC(c2ccc(Br)cc2)C1. The molecule has 1 aromatic carbocycles. The second-order valence-electron chi connectivity index (χ2n) is 4.33. The van der Waals surface area contributed by atoms with Gasteiger partial charge in [0.1, 0.15) is 0 Å². The predicted molar refractivity (Wildman–Crippen MR) is 71.4 cm³/mol. The third-order valence-electron chi connectivity index (χ3n) is 3.18. The molecule has 1 nitrogen and oxygen atoms in total. The highest BCUT2D eigenvalue weighted by atomic mass is 79.9. The molecule has 2 heteroatoms. The van der Waals surface area contributed by atoms with Gasteiger partial charge in [0.2, 0.25) is 0 Å². The van der Waals surface area contributed by atoms with Crippen molar-refractivity contribution < 1.29 is 0 Å². The lowest BCUT2D eigenvalue weighted by Gasteiger charge is -2.36. The monoisotopic (exact) mass is 277 g/mol. The Morgan fingerprint density at radius 2 is 2.00 bits per heavy atom. The van der Waals surface area contributed by atoms with Gasteiger partial charge in [0, 0.05) is 23.5 Å². The highest BCUT2D eigenvalue weighted by Gasteiger charge is 2.29. The molecule has 1 aliphatic carbocycles. The summed E-state index contributed by atoms with van der Waals surface area (Å²) in [6.45, 7) is 0.953. The van der Waals surface area contributed by atoms with E-state index < -0.39 is 0 Å². The zero-order valence-electron chi connectivity index (χ0n) is 9.25. The molecular formula is C14H16BrN. The molecule has 2 rings (SSSR count). The van der Waals surface area contributed by atoms with Crippen molar-refractivity contribution in [2.75, 3.05) is 6.54 Å². The number of nitrogens with one attached hydrogen (secondary N) is 1. The van der Waals surface area contributed by atoms with Gasteiger partial charge in [-0.2, -0.15) is 0 Å². The Labute approximate surface area is 106 Å². The molecule has 0 aromatic heterocycles. The van der Waals surface area contributed by atoms with Crippen LogP contribution >= 0.6 is 15.9 Å². The van der Waals surface area contributed by atoms with Gasteiger partial charge in [-0.05, 0) is 36.5 Å². The van der Waals surface area contributed by atoms with E-state index >= 15 is 0 Å². The maximum atomic E-state index is 5.21. The molecule has 0 saturated heterocycles. The summed E-state index contributed by atoms with van der Waals surface area (Å²) >= 11 is 3.46.